The van der Waals surface area contributed by atoms with Crippen LogP contribution in [0.15, 0.2) is 28.7 Å². The van der Waals surface area contributed by atoms with Gasteiger partial charge in [0.25, 0.3) is 0 Å². The van der Waals surface area contributed by atoms with Crippen molar-refractivity contribution in [3.63, 3.8) is 0 Å². The van der Waals surface area contributed by atoms with Crippen molar-refractivity contribution in [3.05, 3.63) is 34.3 Å². The Morgan fingerprint density at radius 2 is 2.05 bits per heavy atom. The second-order valence-electron chi connectivity index (χ2n) is 6.01. The molecule has 2 nitrogen and oxygen atoms in total. The van der Waals surface area contributed by atoms with Crippen molar-refractivity contribution in [1.82, 2.24) is 9.80 Å². The average molecular weight is 323 g/mol. The number of halogens is 1. The molecule has 0 saturated carbocycles. The normalized spacial score (nSPS) is 29.2. The number of nitrogens with zero attached hydrogens (tertiary/aromatic N) is 2. The van der Waals surface area contributed by atoms with Crippen molar-refractivity contribution >= 4 is 15.9 Å². The van der Waals surface area contributed by atoms with Gasteiger partial charge in [0, 0.05) is 36.2 Å². The van der Waals surface area contributed by atoms with Gasteiger partial charge in [-0.05, 0) is 37.9 Å². The predicted octanol–water partition coefficient (Wildman–Crippen LogP) is 3.51. The summed E-state index contributed by atoms with van der Waals surface area (Å²) in [6.07, 6.45) is 4.20. The van der Waals surface area contributed by atoms with Gasteiger partial charge in [-0.3, -0.25) is 9.80 Å². The van der Waals surface area contributed by atoms with Gasteiger partial charge < -0.3 is 0 Å². The summed E-state index contributed by atoms with van der Waals surface area (Å²) in [7, 11) is 0. The van der Waals surface area contributed by atoms with Crippen molar-refractivity contribution in [2.75, 3.05) is 19.6 Å². The maximum absolute atomic E-state index is 3.67. The lowest BCUT2D eigenvalue weighted by Gasteiger charge is -2.47. The van der Waals surface area contributed by atoms with Crippen LogP contribution >= 0.6 is 15.9 Å². The molecule has 2 aliphatic heterocycles. The third-order valence-corrected chi connectivity index (χ3v) is 5.42. The number of hydrogen-bond donors (Lipinski definition) is 0. The first kappa shape index (κ1) is 13.6. The molecule has 0 aliphatic carbocycles. The van der Waals surface area contributed by atoms with E-state index in [0.717, 1.165) is 12.6 Å². The number of hydrogen-bond acceptors (Lipinski definition) is 2. The van der Waals surface area contributed by atoms with Crippen LogP contribution in [-0.2, 0) is 6.54 Å². The molecule has 2 atom stereocenters. The first-order chi connectivity index (χ1) is 9.24. The van der Waals surface area contributed by atoms with E-state index >= 15 is 0 Å². The molecule has 3 rings (SSSR count). The molecule has 0 radical (unpaired) electrons. The summed E-state index contributed by atoms with van der Waals surface area (Å²) >= 11 is 3.67. The Hall–Kier alpha value is -0.380. The van der Waals surface area contributed by atoms with Gasteiger partial charge in [-0.15, -0.1) is 0 Å². The van der Waals surface area contributed by atoms with Gasteiger partial charge in [-0.1, -0.05) is 40.5 Å². The molecular formula is C16H23BrN2. The monoisotopic (exact) mass is 322 g/mol. The number of fused-ring (bicyclic) bond motifs is 1. The summed E-state index contributed by atoms with van der Waals surface area (Å²) in [5.41, 5.74) is 1.42. The molecule has 0 unspecified atom stereocenters. The Labute approximate surface area is 124 Å². The van der Waals surface area contributed by atoms with Crippen molar-refractivity contribution in [1.29, 1.82) is 0 Å². The van der Waals surface area contributed by atoms with E-state index in [1.807, 2.05) is 0 Å². The molecule has 1 aromatic rings. The Bertz CT molecular complexity index is 435. The van der Waals surface area contributed by atoms with Gasteiger partial charge in [-0.25, -0.2) is 0 Å². The molecule has 1 aromatic carbocycles. The quantitative estimate of drug-likeness (QED) is 0.822. The smallest absolute Gasteiger partial charge is 0.0248 e. The van der Waals surface area contributed by atoms with E-state index in [2.05, 4.69) is 56.9 Å². The number of piperidine rings is 1. The second kappa shape index (κ2) is 5.94. The van der Waals surface area contributed by atoms with Crippen LogP contribution in [0.4, 0.5) is 0 Å². The molecule has 0 spiro atoms. The molecular weight excluding hydrogens is 300 g/mol. The van der Waals surface area contributed by atoms with Crippen LogP contribution in [0, 0.1) is 0 Å². The fourth-order valence-corrected chi connectivity index (χ4v) is 3.89. The van der Waals surface area contributed by atoms with Crippen LogP contribution in [0.1, 0.15) is 31.7 Å². The molecule has 104 valence electrons. The van der Waals surface area contributed by atoms with Crippen LogP contribution in [0.25, 0.3) is 0 Å². The summed E-state index contributed by atoms with van der Waals surface area (Å²) in [5, 5.41) is 0. The van der Waals surface area contributed by atoms with Crippen molar-refractivity contribution in [2.24, 2.45) is 0 Å². The van der Waals surface area contributed by atoms with Crippen molar-refractivity contribution < 1.29 is 0 Å². The second-order valence-corrected chi connectivity index (χ2v) is 6.87. The lowest BCUT2D eigenvalue weighted by molar-refractivity contribution is 0.0110. The maximum Gasteiger partial charge on any atom is 0.0248 e. The molecule has 0 N–H and O–H groups in total. The molecule has 0 aromatic heterocycles. The van der Waals surface area contributed by atoms with E-state index in [9.17, 15) is 0 Å². The molecule has 3 heteroatoms. The Morgan fingerprint density at radius 3 is 2.89 bits per heavy atom. The lowest BCUT2D eigenvalue weighted by Crippen LogP contribution is -2.58. The molecule has 0 bridgehead atoms. The fourth-order valence-electron chi connectivity index (χ4n) is 3.48. The minimum Gasteiger partial charge on any atom is -0.298 e. The highest BCUT2D eigenvalue weighted by Gasteiger charge is 2.32. The van der Waals surface area contributed by atoms with Gasteiger partial charge in [-0.2, -0.15) is 0 Å². The Morgan fingerprint density at radius 1 is 1.21 bits per heavy atom. The van der Waals surface area contributed by atoms with Gasteiger partial charge in [0.05, 0.1) is 0 Å². The van der Waals surface area contributed by atoms with Gasteiger partial charge in [0.2, 0.25) is 0 Å². The zero-order valence-electron chi connectivity index (χ0n) is 11.7. The Kier molecular flexibility index (Phi) is 4.25. The maximum atomic E-state index is 3.67. The molecule has 0 amide bonds. The topological polar surface area (TPSA) is 6.48 Å². The van der Waals surface area contributed by atoms with E-state index < -0.39 is 0 Å². The summed E-state index contributed by atoms with van der Waals surface area (Å²) in [6.45, 7) is 7.25. The van der Waals surface area contributed by atoms with E-state index in [4.69, 9.17) is 0 Å². The first-order valence-electron chi connectivity index (χ1n) is 7.45. The zero-order chi connectivity index (χ0) is 13.2. The molecule has 2 heterocycles. The minimum absolute atomic E-state index is 0.668. The predicted molar refractivity (Wildman–Crippen MR) is 83.2 cm³/mol. The fraction of sp³-hybridized carbons (Fsp3) is 0.625. The van der Waals surface area contributed by atoms with Crippen LogP contribution in [0.2, 0.25) is 0 Å². The molecule has 19 heavy (non-hydrogen) atoms. The highest BCUT2D eigenvalue weighted by Crippen LogP contribution is 2.26. The number of rotatable bonds is 2. The molecule has 2 saturated heterocycles. The van der Waals surface area contributed by atoms with Gasteiger partial charge in [0.1, 0.15) is 0 Å². The third-order valence-electron chi connectivity index (χ3n) is 4.65. The van der Waals surface area contributed by atoms with Crippen molar-refractivity contribution in [3.8, 4) is 0 Å². The molecule has 2 fully saturated rings. The SMILES string of the molecule is C[C@@H]1CN2CCCC[C@@H]2CN1Cc1ccccc1Br. The van der Waals surface area contributed by atoms with E-state index in [1.165, 1.54) is 48.9 Å². The summed E-state index contributed by atoms with van der Waals surface area (Å²) in [5.74, 6) is 0. The summed E-state index contributed by atoms with van der Waals surface area (Å²) in [4.78, 5) is 5.37. The van der Waals surface area contributed by atoms with E-state index in [-0.39, 0.29) is 0 Å². The van der Waals surface area contributed by atoms with Crippen LogP contribution in [0.5, 0.6) is 0 Å². The first-order valence-corrected chi connectivity index (χ1v) is 8.25. The minimum atomic E-state index is 0.668. The lowest BCUT2D eigenvalue weighted by atomic mass is 9.97. The Balaban J connectivity index is 1.69. The highest BCUT2D eigenvalue weighted by molar-refractivity contribution is 9.10. The third kappa shape index (κ3) is 3.04. The van der Waals surface area contributed by atoms with Crippen molar-refractivity contribution in [2.45, 2.75) is 44.8 Å². The van der Waals surface area contributed by atoms with Crippen LogP contribution < -0.4 is 0 Å². The van der Waals surface area contributed by atoms with Gasteiger partial charge in [0.15, 0.2) is 0 Å². The van der Waals surface area contributed by atoms with Crippen LogP contribution in [0.3, 0.4) is 0 Å². The standard InChI is InChI=1S/C16H23BrN2/c1-13-10-18-9-5-4-7-15(18)12-19(13)11-14-6-2-3-8-16(14)17/h2-3,6,8,13,15H,4-5,7,9-12H2,1H3/t13-,15-/m1/s1. The summed E-state index contributed by atoms with van der Waals surface area (Å²) in [6, 6.07) is 10.1. The van der Waals surface area contributed by atoms with Gasteiger partial charge >= 0.3 is 0 Å². The summed E-state index contributed by atoms with van der Waals surface area (Å²) < 4.78 is 1.24. The molecule has 2 aliphatic rings. The van der Waals surface area contributed by atoms with E-state index in [1.54, 1.807) is 0 Å². The number of piperazine rings is 1. The number of benzene rings is 1. The largest absolute Gasteiger partial charge is 0.298 e. The zero-order valence-corrected chi connectivity index (χ0v) is 13.3. The highest BCUT2D eigenvalue weighted by atomic mass is 79.9. The van der Waals surface area contributed by atoms with Crippen LogP contribution in [-0.4, -0.2) is 41.5 Å². The van der Waals surface area contributed by atoms with E-state index in [0.29, 0.717) is 6.04 Å². The average Bonchev–Trinajstić information content (AvgIpc) is 2.42.